The van der Waals surface area contributed by atoms with Crippen LogP contribution in [0, 0.1) is 34.5 Å². The van der Waals surface area contributed by atoms with Crippen molar-refractivity contribution < 1.29 is 19.4 Å². The van der Waals surface area contributed by atoms with Crippen LogP contribution in [0.3, 0.4) is 0 Å². The van der Waals surface area contributed by atoms with Crippen molar-refractivity contribution in [2.75, 3.05) is 0 Å². The first kappa shape index (κ1) is 17.5. The predicted octanol–water partition coefficient (Wildman–Crippen LogP) is 3.50. The van der Waals surface area contributed by atoms with Gasteiger partial charge in [0.05, 0.1) is 11.5 Å². The Morgan fingerprint density at radius 1 is 1.12 bits per heavy atom. The smallest absolute Gasteiger partial charge is 0.302 e. The molecule has 0 spiro atoms. The van der Waals surface area contributed by atoms with E-state index in [1.807, 2.05) is 6.92 Å². The average Bonchev–Trinajstić information content (AvgIpc) is 2.86. The van der Waals surface area contributed by atoms with Gasteiger partial charge >= 0.3 is 5.97 Å². The molecule has 0 amide bonds. The molecule has 0 aromatic carbocycles. The van der Waals surface area contributed by atoms with Gasteiger partial charge in [-0.1, -0.05) is 6.92 Å². The Bertz CT molecular complexity index is 586. The van der Waals surface area contributed by atoms with Crippen LogP contribution in [0.4, 0.5) is 0 Å². The van der Waals surface area contributed by atoms with Gasteiger partial charge in [0, 0.05) is 13.3 Å². The van der Waals surface area contributed by atoms with Gasteiger partial charge in [-0.15, -0.1) is 0 Å². The minimum absolute atomic E-state index is 0.0685. The maximum absolute atomic E-state index is 12.5. The van der Waals surface area contributed by atoms with Crippen LogP contribution in [-0.2, 0) is 14.3 Å². The van der Waals surface area contributed by atoms with Crippen molar-refractivity contribution in [3.8, 4) is 0 Å². The van der Waals surface area contributed by atoms with Gasteiger partial charge in [0.2, 0.25) is 0 Å². The molecule has 4 heteroatoms. The first-order valence-electron chi connectivity index (χ1n) is 10.2. The number of fused-ring (bicyclic) bond motifs is 5. The van der Waals surface area contributed by atoms with Gasteiger partial charge in [0.25, 0.3) is 0 Å². The summed E-state index contributed by atoms with van der Waals surface area (Å²) in [6.07, 6.45) is 7.28. The highest BCUT2D eigenvalue weighted by Gasteiger charge is 2.63. The molecule has 25 heavy (non-hydrogen) atoms. The molecular formula is C21H32O4. The summed E-state index contributed by atoms with van der Waals surface area (Å²) < 4.78 is 5.51. The van der Waals surface area contributed by atoms with Gasteiger partial charge in [-0.25, -0.2) is 0 Å². The SMILES string of the molecule is CC(=O)O[C@@H]1CC[C@]2(C)C3C[C@H](O)[C@]4(C)C(=O)CCC4C3CC[C@@H]2C1. The number of rotatable bonds is 1. The molecule has 0 aliphatic heterocycles. The lowest BCUT2D eigenvalue weighted by Crippen LogP contribution is -2.58. The number of aliphatic hydroxyl groups is 1. The van der Waals surface area contributed by atoms with Crippen molar-refractivity contribution in [1.82, 2.24) is 0 Å². The fourth-order valence-electron chi connectivity index (χ4n) is 7.31. The number of carbonyl (C=O) groups excluding carboxylic acids is 2. The van der Waals surface area contributed by atoms with Crippen molar-refractivity contribution in [3.63, 3.8) is 0 Å². The Kier molecular flexibility index (Phi) is 4.06. The Balaban J connectivity index is 1.58. The Hall–Kier alpha value is -0.900. The fourth-order valence-corrected chi connectivity index (χ4v) is 7.31. The number of hydrogen-bond donors (Lipinski definition) is 1. The molecule has 0 saturated heterocycles. The van der Waals surface area contributed by atoms with E-state index in [0.717, 1.165) is 38.5 Å². The van der Waals surface area contributed by atoms with E-state index in [2.05, 4.69) is 6.92 Å². The maximum Gasteiger partial charge on any atom is 0.302 e. The van der Waals surface area contributed by atoms with E-state index in [4.69, 9.17) is 4.74 Å². The van der Waals surface area contributed by atoms with Crippen LogP contribution in [0.25, 0.3) is 0 Å². The number of ketones is 1. The zero-order valence-corrected chi connectivity index (χ0v) is 15.8. The highest BCUT2D eigenvalue weighted by molar-refractivity contribution is 5.87. The maximum atomic E-state index is 12.5. The first-order chi connectivity index (χ1) is 11.8. The molecule has 3 unspecified atom stereocenters. The van der Waals surface area contributed by atoms with Gasteiger partial charge in [-0.3, -0.25) is 9.59 Å². The van der Waals surface area contributed by atoms with Crippen molar-refractivity contribution in [3.05, 3.63) is 0 Å². The molecule has 140 valence electrons. The molecule has 4 saturated carbocycles. The summed E-state index contributed by atoms with van der Waals surface area (Å²) in [5.41, 5.74) is -0.285. The lowest BCUT2D eigenvalue weighted by Gasteiger charge is -2.61. The standard InChI is InChI=1S/C21H32O4/c1-12(22)25-14-8-9-20(2)13(10-14)4-5-15-16-6-7-18(23)21(16,3)19(24)11-17(15)20/h13-17,19,24H,4-11H2,1-3H3/t13-,14-,15?,16?,17?,19+,20+,21+/m1/s1. The summed E-state index contributed by atoms with van der Waals surface area (Å²) in [5.74, 6) is 2.12. The second-order valence-electron chi connectivity index (χ2n) is 9.66. The molecule has 0 radical (unpaired) electrons. The van der Waals surface area contributed by atoms with Gasteiger partial charge < -0.3 is 9.84 Å². The van der Waals surface area contributed by atoms with Crippen LogP contribution >= 0.6 is 0 Å². The van der Waals surface area contributed by atoms with E-state index in [0.29, 0.717) is 30.1 Å². The molecule has 0 aromatic rings. The molecule has 4 fully saturated rings. The van der Waals surface area contributed by atoms with Crippen LogP contribution in [0.5, 0.6) is 0 Å². The van der Waals surface area contributed by atoms with Gasteiger partial charge in [-0.05, 0) is 81.0 Å². The van der Waals surface area contributed by atoms with Crippen LogP contribution in [0.2, 0.25) is 0 Å². The monoisotopic (exact) mass is 348 g/mol. The highest BCUT2D eigenvalue weighted by Crippen LogP contribution is 2.65. The van der Waals surface area contributed by atoms with E-state index in [1.54, 1.807) is 0 Å². The molecule has 4 rings (SSSR count). The molecule has 1 N–H and O–H groups in total. The summed E-state index contributed by atoms with van der Waals surface area (Å²) in [6, 6.07) is 0. The molecule has 0 bridgehead atoms. The second-order valence-corrected chi connectivity index (χ2v) is 9.66. The third-order valence-electron chi connectivity index (χ3n) is 8.77. The summed E-state index contributed by atoms with van der Waals surface area (Å²) in [4.78, 5) is 23.8. The van der Waals surface area contributed by atoms with Gasteiger partial charge in [0.1, 0.15) is 11.9 Å². The Labute approximate surface area is 150 Å². The number of hydrogen-bond acceptors (Lipinski definition) is 4. The van der Waals surface area contributed by atoms with E-state index < -0.39 is 11.5 Å². The molecule has 0 aromatic heterocycles. The normalized spacial score (nSPS) is 52.1. The molecular weight excluding hydrogens is 316 g/mol. The largest absolute Gasteiger partial charge is 0.463 e. The predicted molar refractivity (Wildman–Crippen MR) is 93.7 cm³/mol. The van der Waals surface area contributed by atoms with Gasteiger partial charge in [-0.2, -0.15) is 0 Å². The topological polar surface area (TPSA) is 63.6 Å². The lowest BCUT2D eigenvalue weighted by atomic mass is 9.44. The van der Waals surface area contributed by atoms with Crippen molar-refractivity contribution >= 4 is 11.8 Å². The van der Waals surface area contributed by atoms with E-state index in [1.165, 1.54) is 13.3 Å². The number of ether oxygens (including phenoxy) is 1. The molecule has 8 atom stereocenters. The zero-order chi connectivity index (χ0) is 18.0. The van der Waals surface area contributed by atoms with Crippen LogP contribution in [0.1, 0.15) is 72.1 Å². The van der Waals surface area contributed by atoms with Crippen LogP contribution < -0.4 is 0 Å². The Morgan fingerprint density at radius 2 is 1.88 bits per heavy atom. The molecule has 4 nitrogen and oxygen atoms in total. The number of esters is 1. The number of Topliss-reactive ketones (excluding diaryl/α,β-unsaturated/α-hetero) is 1. The molecule has 4 aliphatic rings. The lowest BCUT2D eigenvalue weighted by molar-refractivity contribution is -0.175. The van der Waals surface area contributed by atoms with Crippen molar-refractivity contribution in [2.45, 2.75) is 84.3 Å². The summed E-state index contributed by atoms with van der Waals surface area (Å²) in [6.45, 7) is 5.94. The minimum atomic E-state index is -0.501. The third kappa shape index (κ3) is 2.43. The Morgan fingerprint density at radius 3 is 2.60 bits per heavy atom. The van der Waals surface area contributed by atoms with E-state index in [9.17, 15) is 14.7 Å². The molecule has 4 aliphatic carbocycles. The van der Waals surface area contributed by atoms with Crippen LogP contribution in [0.15, 0.2) is 0 Å². The number of carbonyl (C=O) groups is 2. The fraction of sp³-hybridized carbons (Fsp3) is 0.905. The van der Waals surface area contributed by atoms with Crippen molar-refractivity contribution in [1.29, 1.82) is 0 Å². The zero-order valence-electron chi connectivity index (χ0n) is 15.8. The average molecular weight is 348 g/mol. The minimum Gasteiger partial charge on any atom is -0.463 e. The summed E-state index contributed by atoms with van der Waals surface area (Å²) in [5, 5.41) is 10.9. The quantitative estimate of drug-likeness (QED) is 0.737. The number of aliphatic hydroxyl groups excluding tert-OH is 1. The van der Waals surface area contributed by atoms with Crippen molar-refractivity contribution in [2.24, 2.45) is 34.5 Å². The first-order valence-corrected chi connectivity index (χ1v) is 10.2. The summed E-state index contributed by atoms with van der Waals surface area (Å²) >= 11 is 0. The third-order valence-corrected chi connectivity index (χ3v) is 8.77. The second kappa shape index (κ2) is 5.80. The van der Waals surface area contributed by atoms with E-state index in [-0.39, 0.29) is 23.3 Å². The molecule has 0 heterocycles. The highest BCUT2D eigenvalue weighted by atomic mass is 16.5. The van der Waals surface area contributed by atoms with Gasteiger partial charge in [0.15, 0.2) is 0 Å². The summed E-state index contributed by atoms with van der Waals surface area (Å²) in [7, 11) is 0. The van der Waals surface area contributed by atoms with Crippen LogP contribution in [-0.4, -0.2) is 29.1 Å². The van der Waals surface area contributed by atoms with E-state index >= 15 is 0 Å².